The zero-order valence-corrected chi connectivity index (χ0v) is 11.7. The summed E-state index contributed by atoms with van der Waals surface area (Å²) in [6.07, 6.45) is 0.498. The van der Waals surface area contributed by atoms with E-state index in [1.807, 2.05) is 13.0 Å². The molecule has 18 heavy (non-hydrogen) atoms. The van der Waals surface area contributed by atoms with Gasteiger partial charge < -0.3 is 9.64 Å². The molecule has 0 N–H and O–H groups in total. The summed E-state index contributed by atoms with van der Waals surface area (Å²) in [4.78, 5) is 13.7. The van der Waals surface area contributed by atoms with Gasteiger partial charge in [-0.15, -0.1) is 11.6 Å². The van der Waals surface area contributed by atoms with Crippen molar-refractivity contribution in [3.63, 3.8) is 0 Å². The number of benzene rings is 1. The number of rotatable bonds is 4. The normalized spacial score (nSPS) is 19.4. The largest absolute Gasteiger partial charge is 0.492 e. The van der Waals surface area contributed by atoms with Crippen LogP contribution in [0.5, 0.6) is 5.75 Å². The Bertz CT molecular complexity index is 451. The van der Waals surface area contributed by atoms with E-state index in [-0.39, 0.29) is 11.8 Å². The van der Waals surface area contributed by atoms with Gasteiger partial charge in [-0.2, -0.15) is 0 Å². The Labute approximate surface area is 117 Å². The summed E-state index contributed by atoms with van der Waals surface area (Å²) in [5.74, 6) is 1.45. The van der Waals surface area contributed by atoms with E-state index < -0.39 is 0 Å². The summed E-state index contributed by atoms with van der Waals surface area (Å²) in [6, 6.07) is 5.32. The Kier molecular flexibility index (Phi) is 4.36. The fourth-order valence-electron chi connectivity index (χ4n) is 2.10. The Balaban J connectivity index is 2.30. The smallest absolute Gasteiger partial charge is 0.227 e. The van der Waals surface area contributed by atoms with Crippen molar-refractivity contribution in [3.8, 4) is 5.75 Å². The highest BCUT2D eigenvalue weighted by Gasteiger charge is 2.31. The third kappa shape index (κ3) is 2.73. The summed E-state index contributed by atoms with van der Waals surface area (Å²) < 4.78 is 5.54. The van der Waals surface area contributed by atoms with Gasteiger partial charge in [0.05, 0.1) is 12.3 Å². The van der Waals surface area contributed by atoms with Gasteiger partial charge in [0.2, 0.25) is 5.91 Å². The second-order valence-corrected chi connectivity index (χ2v) is 5.02. The number of alkyl halides is 1. The van der Waals surface area contributed by atoms with Crippen molar-refractivity contribution in [2.45, 2.75) is 13.3 Å². The molecular weight excluding hydrogens is 273 g/mol. The number of carbonyl (C=O) groups excluding carboxylic acids is 1. The molecule has 0 aromatic heterocycles. The third-order valence-electron chi connectivity index (χ3n) is 2.94. The van der Waals surface area contributed by atoms with E-state index >= 15 is 0 Å². The van der Waals surface area contributed by atoms with E-state index in [0.29, 0.717) is 36.2 Å². The van der Waals surface area contributed by atoms with Crippen molar-refractivity contribution >= 4 is 34.8 Å². The molecule has 1 aliphatic heterocycles. The van der Waals surface area contributed by atoms with E-state index in [1.54, 1.807) is 17.0 Å². The number of nitrogens with zero attached hydrogens (tertiary/aromatic N) is 1. The van der Waals surface area contributed by atoms with Crippen molar-refractivity contribution in [3.05, 3.63) is 23.2 Å². The van der Waals surface area contributed by atoms with Crippen LogP contribution in [0.2, 0.25) is 5.02 Å². The molecule has 1 heterocycles. The van der Waals surface area contributed by atoms with Crippen molar-refractivity contribution < 1.29 is 9.53 Å². The number of anilines is 1. The van der Waals surface area contributed by atoms with E-state index in [4.69, 9.17) is 27.9 Å². The first-order valence-electron chi connectivity index (χ1n) is 5.94. The number of amides is 1. The fraction of sp³-hybridized carbons (Fsp3) is 0.462. The maximum absolute atomic E-state index is 12.0. The first kappa shape index (κ1) is 13.5. The molecule has 0 saturated carbocycles. The average molecular weight is 288 g/mol. The van der Waals surface area contributed by atoms with Crippen LogP contribution in [0.3, 0.4) is 0 Å². The van der Waals surface area contributed by atoms with Crippen LogP contribution in [0.4, 0.5) is 5.69 Å². The first-order chi connectivity index (χ1) is 8.65. The summed E-state index contributed by atoms with van der Waals surface area (Å²) in [5, 5.41) is 0.600. The minimum absolute atomic E-state index is 0.0870. The van der Waals surface area contributed by atoms with E-state index in [1.165, 1.54) is 0 Å². The Morgan fingerprint density at radius 2 is 2.28 bits per heavy atom. The zero-order valence-electron chi connectivity index (χ0n) is 10.2. The molecule has 0 radical (unpaired) electrons. The second kappa shape index (κ2) is 5.81. The van der Waals surface area contributed by atoms with Gasteiger partial charge in [0.25, 0.3) is 0 Å². The highest BCUT2D eigenvalue weighted by molar-refractivity contribution is 6.30. The molecule has 1 aliphatic rings. The molecule has 0 spiro atoms. The number of carbonyl (C=O) groups is 1. The molecule has 98 valence electrons. The van der Waals surface area contributed by atoms with Crippen molar-refractivity contribution in [2.24, 2.45) is 5.92 Å². The number of halogens is 2. The summed E-state index contributed by atoms with van der Waals surface area (Å²) in [5.41, 5.74) is 0.777. The standard InChI is InChI=1S/C13H15Cl2NO2/c1-2-18-12-6-10(15)3-4-11(12)16-8-9(7-14)5-13(16)17/h3-4,6,9H,2,5,7-8H2,1H3. The molecule has 5 heteroatoms. The van der Waals surface area contributed by atoms with Gasteiger partial charge >= 0.3 is 0 Å². The average Bonchev–Trinajstić information content (AvgIpc) is 2.71. The van der Waals surface area contributed by atoms with Crippen LogP contribution in [0.25, 0.3) is 0 Å². The quantitative estimate of drug-likeness (QED) is 0.795. The number of hydrogen-bond donors (Lipinski definition) is 0. The number of hydrogen-bond acceptors (Lipinski definition) is 2. The molecule has 0 aliphatic carbocycles. The Hall–Kier alpha value is -0.930. The van der Waals surface area contributed by atoms with Crippen LogP contribution in [-0.4, -0.2) is 24.9 Å². The zero-order chi connectivity index (χ0) is 13.1. The maximum atomic E-state index is 12.0. The van der Waals surface area contributed by atoms with Gasteiger partial charge in [0.15, 0.2) is 0 Å². The Morgan fingerprint density at radius 3 is 2.89 bits per heavy atom. The minimum Gasteiger partial charge on any atom is -0.492 e. The van der Waals surface area contributed by atoms with Crippen LogP contribution in [0, 0.1) is 5.92 Å². The lowest BCUT2D eigenvalue weighted by Gasteiger charge is -2.20. The molecule has 1 aromatic carbocycles. The lowest BCUT2D eigenvalue weighted by Crippen LogP contribution is -2.25. The van der Waals surface area contributed by atoms with E-state index in [9.17, 15) is 4.79 Å². The van der Waals surface area contributed by atoms with Gasteiger partial charge in [-0.3, -0.25) is 4.79 Å². The van der Waals surface area contributed by atoms with Crippen molar-refractivity contribution in [2.75, 3.05) is 23.9 Å². The lowest BCUT2D eigenvalue weighted by molar-refractivity contribution is -0.117. The maximum Gasteiger partial charge on any atom is 0.227 e. The number of ether oxygens (including phenoxy) is 1. The molecule has 3 nitrogen and oxygen atoms in total. The molecule has 1 atom stereocenters. The molecule has 1 aromatic rings. The first-order valence-corrected chi connectivity index (χ1v) is 6.85. The minimum atomic E-state index is 0.0870. The molecule has 2 rings (SSSR count). The van der Waals surface area contributed by atoms with Gasteiger partial charge in [-0.1, -0.05) is 11.6 Å². The molecule has 1 unspecified atom stereocenters. The van der Waals surface area contributed by atoms with Crippen LogP contribution in [0.15, 0.2) is 18.2 Å². The molecule has 0 bridgehead atoms. The van der Waals surface area contributed by atoms with Crippen molar-refractivity contribution in [1.82, 2.24) is 0 Å². The SMILES string of the molecule is CCOc1cc(Cl)ccc1N1CC(CCl)CC1=O. The van der Waals surface area contributed by atoms with Crippen LogP contribution in [0.1, 0.15) is 13.3 Å². The summed E-state index contributed by atoms with van der Waals surface area (Å²) in [7, 11) is 0. The fourth-order valence-corrected chi connectivity index (χ4v) is 2.47. The van der Waals surface area contributed by atoms with E-state index in [2.05, 4.69) is 0 Å². The Morgan fingerprint density at radius 1 is 1.50 bits per heavy atom. The highest BCUT2D eigenvalue weighted by Crippen LogP contribution is 2.35. The topological polar surface area (TPSA) is 29.5 Å². The molecule has 1 amide bonds. The molecule has 1 saturated heterocycles. The van der Waals surface area contributed by atoms with Gasteiger partial charge in [-0.25, -0.2) is 0 Å². The summed E-state index contributed by atoms with van der Waals surface area (Å²) >= 11 is 11.8. The van der Waals surface area contributed by atoms with Crippen LogP contribution >= 0.6 is 23.2 Å². The highest BCUT2D eigenvalue weighted by atomic mass is 35.5. The van der Waals surface area contributed by atoms with Gasteiger partial charge in [-0.05, 0) is 25.0 Å². The third-order valence-corrected chi connectivity index (χ3v) is 3.61. The van der Waals surface area contributed by atoms with Crippen LogP contribution in [-0.2, 0) is 4.79 Å². The second-order valence-electron chi connectivity index (χ2n) is 4.27. The van der Waals surface area contributed by atoms with Gasteiger partial charge in [0.1, 0.15) is 5.75 Å². The predicted octanol–water partition coefficient (Wildman–Crippen LogP) is 3.33. The molecule has 1 fully saturated rings. The monoisotopic (exact) mass is 287 g/mol. The van der Waals surface area contributed by atoms with Crippen LogP contribution < -0.4 is 9.64 Å². The summed E-state index contributed by atoms with van der Waals surface area (Å²) in [6.45, 7) is 3.08. The predicted molar refractivity (Wildman–Crippen MR) is 73.8 cm³/mol. The van der Waals surface area contributed by atoms with Gasteiger partial charge in [0, 0.05) is 29.9 Å². The molecular formula is C13H15Cl2NO2. The van der Waals surface area contributed by atoms with Crippen molar-refractivity contribution in [1.29, 1.82) is 0 Å². The lowest BCUT2D eigenvalue weighted by atomic mass is 10.1. The van der Waals surface area contributed by atoms with E-state index in [0.717, 1.165) is 5.69 Å².